The maximum atomic E-state index is 6.32. The minimum atomic E-state index is 0.527. The number of methoxy groups -OCH3 is 1. The topological polar surface area (TPSA) is 24.5 Å². The lowest BCUT2D eigenvalue weighted by Gasteiger charge is -2.23. The molecule has 1 aromatic carbocycles. The molecule has 1 unspecified atom stereocenters. The van der Waals surface area contributed by atoms with Crippen molar-refractivity contribution in [3.63, 3.8) is 0 Å². The molecule has 0 aliphatic carbocycles. The molecule has 1 N–H and O–H groups in total. The smallest absolute Gasteiger partial charge is 0.120 e. The Morgan fingerprint density at radius 3 is 3.00 bits per heavy atom. The van der Waals surface area contributed by atoms with Crippen LogP contribution in [0, 0.1) is 5.41 Å². The van der Waals surface area contributed by atoms with Gasteiger partial charge in [0.25, 0.3) is 0 Å². The number of halogens is 1. The molecule has 3 nitrogen and oxygen atoms in total. The lowest BCUT2D eigenvalue weighted by molar-refractivity contribution is 0.268. The lowest BCUT2D eigenvalue weighted by atomic mass is 9.86. The minimum absolute atomic E-state index is 0.527. The van der Waals surface area contributed by atoms with Crippen molar-refractivity contribution in [3.05, 3.63) is 28.8 Å². The van der Waals surface area contributed by atoms with Crippen molar-refractivity contribution in [1.29, 1.82) is 0 Å². The monoisotopic (exact) mass is 280 g/mol. The van der Waals surface area contributed by atoms with Gasteiger partial charge >= 0.3 is 0 Å². The maximum Gasteiger partial charge on any atom is 0.120 e. The zero-order valence-corrected chi connectivity index (χ0v) is 12.2. The summed E-state index contributed by atoms with van der Waals surface area (Å²) in [6.45, 7) is 5.69. The van der Waals surface area contributed by atoms with Crippen molar-refractivity contribution in [2.45, 2.75) is 19.4 Å². The van der Waals surface area contributed by atoms with Gasteiger partial charge in [0, 0.05) is 24.7 Å². The molecule has 2 aliphatic rings. The third kappa shape index (κ3) is 2.73. The van der Waals surface area contributed by atoms with Crippen LogP contribution in [0.5, 0.6) is 5.75 Å². The van der Waals surface area contributed by atoms with Crippen LogP contribution in [0.15, 0.2) is 18.2 Å². The minimum Gasteiger partial charge on any atom is -0.497 e. The van der Waals surface area contributed by atoms with E-state index in [9.17, 15) is 0 Å². The Morgan fingerprint density at radius 2 is 2.32 bits per heavy atom. The van der Waals surface area contributed by atoms with Crippen LogP contribution in [0.25, 0.3) is 0 Å². The lowest BCUT2D eigenvalue weighted by Crippen LogP contribution is -2.29. The molecule has 4 heteroatoms. The Kier molecular flexibility index (Phi) is 3.70. The first-order valence-corrected chi connectivity index (χ1v) is 7.34. The van der Waals surface area contributed by atoms with Crippen molar-refractivity contribution in [3.8, 4) is 5.75 Å². The second kappa shape index (κ2) is 5.31. The molecule has 0 amide bonds. The maximum absolute atomic E-state index is 6.32. The molecule has 0 saturated carbocycles. The van der Waals surface area contributed by atoms with Gasteiger partial charge in [-0.15, -0.1) is 0 Å². The molecule has 104 valence electrons. The number of ether oxygens (including phenoxy) is 1. The highest BCUT2D eigenvalue weighted by atomic mass is 35.5. The quantitative estimate of drug-likeness (QED) is 0.921. The highest BCUT2D eigenvalue weighted by molar-refractivity contribution is 6.31. The van der Waals surface area contributed by atoms with Gasteiger partial charge in [-0.25, -0.2) is 0 Å². The molecular formula is C15H21ClN2O. The summed E-state index contributed by atoms with van der Waals surface area (Å²) in [7, 11) is 1.67. The van der Waals surface area contributed by atoms with E-state index in [1.165, 1.54) is 44.6 Å². The summed E-state index contributed by atoms with van der Waals surface area (Å²) in [5.74, 6) is 0.826. The van der Waals surface area contributed by atoms with Gasteiger partial charge in [0.1, 0.15) is 5.75 Å². The highest BCUT2D eigenvalue weighted by Crippen LogP contribution is 2.37. The fourth-order valence-electron chi connectivity index (χ4n) is 3.33. The number of rotatable bonds is 3. The molecule has 3 rings (SSSR count). The number of hydrogen-bond donors (Lipinski definition) is 1. The molecule has 0 aromatic heterocycles. The van der Waals surface area contributed by atoms with Crippen LogP contribution < -0.4 is 10.1 Å². The second-order valence-corrected chi connectivity index (χ2v) is 6.25. The fourth-order valence-corrected chi connectivity index (χ4v) is 3.56. The summed E-state index contributed by atoms with van der Waals surface area (Å²) in [6.07, 6.45) is 2.63. The van der Waals surface area contributed by atoms with Crippen LogP contribution in [-0.2, 0) is 6.54 Å². The van der Waals surface area contributed by atoms with E-state index in [1.807, 2.05) is 12.1 Å². The molecular weight excluding hydrogens is 260 g/mol. The third-order valence-electron chi connectivity index (χ3n) is 4.50. The second-order valence-electron chi connectivity index (χ2n) is 5.84. The molecule has 2 fully saturated rings. The largest absolute Gasteiger partial charge is 0.497 e. The molecule has 2 saturated heterocycles. The highest BCUT2D eigenvalue weighted by Gasteiger charge is 2.40. The van der Waals surface area contributed by atoms with E-state index in [0.29, 0.717) is 5.41 Å². The summed E-state index contributed by atoms with van der Waals surface area (Å²) < 4.78 is 5.19. The molecule has 1 atom stereocenters. The molecule has 0 bridgehead atoms. The van der Waals surface area contributed by atoms with Crippen LogP contribution in [0.2, 0.25) is 5.02 Å². The molecule has 2 aliphatic heterocycles. The number of nitrogens with one attached hydrogen (secondary N) is 1. The van der Waals surface area contributed by atoms with Gasteiger partial charge in [0.2, 0.25) is 0 Å². The van der Waals surface area contributed by atoms with E-state index >= 15 is 0 Å². The van der Waals surface area contributed by atoms with E-state index in [0.717, 1.165) is 17.3 Å². The zero-order valence-electron chi connectivity index (χ0n) is 11.4. The van der Waals surface area contributed by atoms with E-state index in [4.69, 9.17) is 16.3 Å². The van der Waals surface area contributed by atoms with Gasteiger partial charge in [-0.05, 0) is 49.0 Å². The predicted octanol–water partition coefficient (Wildman–Crippen LogP) is 2.53. The number of nitrogens with zero attached hydrogens (tertiary/aromatic N) is 1. The van der Waals surface area contributed by atoms with Crippen LogP contribution in [0.1, 0.15) is 18.4 Å². The Morgan fingerprint density at radius 1 is 1.42 bits per heavy atom. The molecule has 2 heterocycles. The van der Waals surface area contributed by atoms with Gasteiger partial charge in [-0.1, -0.05) is 17.7 Å². The number of hydrogen-bond acceptors (Lipinski definition) is 3. The van der Waals surface area contributed by atoms with Crippen LogP contribution >= 0.6 is 11.6 Å². The molecule has 0 radical (unpaired) electrons. The summed E-state index contributed by atoms with van der Waals surface area (Å²) in [5, 5.41) is 4.31. The van der Waals surface area contributed by atoms with E-state index in [1.54, 1.807) is 7.11 Å². The summed E-state index contributed by atoms with van der Waals surface area (Å²) in [5.41, 5.74) is 1.73. The number of likely N-dealkylation sites (tertiary alicyclic amines) is 1. The Labute approximate surface area is 119 Å². The Hall–Kier alpha value is -0.770. The Bertz CT molecular complexity index is 457. The van der Waals surface area contributed by atoms with E-state index in [-0.39, 0.29) is 0 Å². The third-order valence-corrected chi connectivity index (χ3v) is 4.86. The predicted molar refractivity (Wildman–Crippen MR) is 77.8 cm³/mol. The van der Waals surface area contributed by atoms with Gasteiger partial charge in [0.15, 0.2) is 0 Å². The van der Waals surface area contributed by atoms with Crippen molar-refractivity contribution < 1.29 is 4.74 Å². The molecule has 19 heavy (non-hydrogen) atoms. The average Bonchev–Trinajstić information content (AvgIpc) is 3.03. The zero-order chi connectivity index (χ0) is 13.3. The first kappa shape index (κ1) is 13.2. The van der Waals surface area contributed by atoms with Crippen LogP contribution in [0.4, 0.5) is 0 Å². The van der Waals surface area contributed by atoms with E-state index < -0.39 is 0 Å². The normalized spacial score (nSPS) is 27.3. The summed E-state index contributed by atoms with van der Waals surface area (Å²) in [4.78, 5) is 2.53. The summed E-state index contributed by atoms with van der Waals surface area (Å²) in [6, 6.07) is 5.98. The average molecular weight is 281 g/mol. The summed E-state index contributed by atoms with van der Waals surface area (Å²) >= 11 is 6.32. The van der Waals surface area contributed by atoms with Crippen molar-refractivity contribution in [1.82, 2.24) is 10.2 Å². The van der Waals surface area contributed by atoms with Gasteiger partial charge < -0.3 is 10.1 Å². The first-order valence-electron chi connectivity index (χ1n) is 6.96. The number of benzene rings is 1. The van der Waals surface area contributed by atoms with Crippen molar-refractivity contribution >= 4 is 11.6 Å². The van der Waals surface area contributed by atoms with Crippen LogP contribution in [-0.4, -0.2) is 38.2 Å². The van der Waals surface area contributed by atoms with E-state index in [2.05, 4.69) is 16.3 Å². The SMILES string of the molecule is COc1ccc(CN2CCC3(CCNC3)C2)c(Cl)c1. The molecule has 1 aromatic rings. The molecule has 1 spiro atoms. The van der Waals surface area contributed by atoms with Gasteiger partial charge in [-0.2, -0.15) is 0 Å². The van der Waals surface area contributed by atoms with Crippen molar-refractivity contribution in [2.75, 3.05) is 33.3 Å². The van der Waals surface area contributed by atoms with Gasteiger partial charge in [0.05, 0.1) is 7.11 Å². The Balaban J connectivity index is 1.66. The van der Waals surface area contributed by atoms with Gasteiger partial charge in [-0.3, -0.25) is 4.90 Å². The standard InChI is InChI=1S/C15H21ClN2O/c1-19-13-3-2-12(14(16)8-13)9-18-7-5-15(11-18)4-6-17-10-15/h2-3,8,17H,4-7,9-11H2,1H3. The van der Waals surface area contributed by atoms with Crippen molar-refractivity contribution in [2.24, 2.45) is 5.41 Å². The fraction of sp³-hybridized carbons (Fsp3) is 0.600. The van der Waals surface area contributed by atoms with Crippen LogP contribution in [0.3, 0.4) is 0 Å². The first-order chi connectivity index (χ1) is 9.21.